The van der Waals surface area contributed by atoms with Crippen LogP contribution in [-0.2, 0) is 23.9 Å². The molecule has 1 saturated heterocycles. The Morgan fingerprint density at radius 3 is 2.30 bits per heavy atom. The molecule has 7 rings (SSSR count). The SMILES string of the molecule is C=C[C@@H]1C[C@]1(NC(=O)[C@@H]1C[C@@H](Oc2cc(-c3csc(NC(=O)CC4CCCC4)n3)nc3cc(OC)c(OC)cc23)CN1C(=O)[C@@H](NC(=O)OC1CCCC1)C(C)(C)C)C(=O)O. The zero-order valence-corrected chi connectivity index (χ0v) is 36.2. The first kappa shape index (κ1) is 43.6. The quantitative estimate of drug-likeness (QED) is 0.121. The summed E-state index contributed by atoms with van der Waals surface area (Å²) in [7, 11) is 3.03. The highest BCUT2D eigenvalue weighted by Crippen LogP contribution is 2.45. The van der Waals surface area contributed by atoms with Crippen LogP contribution in [0.3, 0.4) is 0 Å². The number of nitrogens with zero attached hydrogens (tertiary/aromatic N) is 3. The number of hydrogen-bond donors (Lipinski definition) is 4. The fourth-order valence-electron chi connectivity index (χ4n) is 8.84. The van der Waals surface area contributed by atoms with E-state index < -0.39 is 58.9 Å². The van der Waals surface area contributed by atoms with Crippen LogP contribution in [0.4, 0.5) is 9.93 Å². The molecular weight excluding hydrogens is 805 g/mol. The predicted molar refractivity (Wildman–Crippen MR) is 228 cm³/mol. The molecule has 3 saturated carbocycles. The zero-order valence-electron chi connectivity index (χ0n) is 35.4. The van der Waals surface area contributed by atoms with Crippen LogP contribution in [0.15, 0.2) is 36.2 Å². The number of aliphatic carboxylic acids is 1. The average Bonchev–Trinajstić information content (AvgIpc) is 3.85. The topological polar surface area (TPSA) is 208 Å². The summed E-state index contributed by atoms with van der Waals surface area (Å²) < 4.78 is 23.6. The standard InChI is InChI=1S/C44H56N6O10S/c1-7-25-21-44(25,40(54)55)49-38(52)32-17-27(22-50(32)39(53)37(43(2,3)4)48-42(56)60-26-14-10-11-15-26)59-33-20-30(45-29-19-35(58-6)34(57-5)18-28(29)33)31-23-61-41(46-31)47-36(51)16-24-12-8-9-13-24/h7,18-20,23-27,32,37H,1,8-17,21-22H2,2-6H3,(H,48,56)(H,49,52)(H,54,55)(H,46,47,51)/t25-,27-,32+,37-,44-/m1/s1. The van der Waals surface area contributed by atoms with Crippen LogP contribution in [0, 0.1) is 17.3 Å². The van der Waals surface area contributed by atoms with Gasteiger partial charge in [-0.25, -0.2) is 19.6 Å². The van der Waals surface area contributed by atoms with Gasteiger partial charge in [0.1, 0.15) is 41.3 Å². The average molecular weight is 861 g/mol. The number of carbonyl (C=O) groups is 5. The number of nitrogens with one attached hydrogen (secondary N) is 3. The third-order valence-corrected chi connectivity index (χ3v) is 13.1. The lowest BCUT2D eigenvalue weighted by molar-refractivity contribution is -0.146. The minimum Gasteiger partial charge on any atom is -0.493 e. The normalized spacial score (nSPS) is 23.3. The molecule has 4 fully saturated rings. The number of carbonyl (C=O) groups excluding carboxylic acids is 4. The van der Waals surface area contributed by atoms with Crippen LogP contribution in [0.5, 0.6) is 17.2 Å². The third-order valence-electron chi connectivity index (χ3n) is 12.4. The Bertz CT molecular complexity index is 2180. The lowest BCUT2D eigenvalue weighted by Crippen LogP contribution is -2.59. The first-order valence-electron chi connectivity index (χ1n) is 21.1. The molecule has 5 atom stereocenters. The van der Waals surface area contributed by atoms with Gasteiger partial charge in [-0.3, -0.25) is 14.4 Å². The van der Waals surface area contributed by atoms with Crippen molar-refractivity contribution in [2.75, 3.05) is 26.1 Å². The number of benzene rings is 1. The van der Waals surface area contributed by atoms with Gasteiger partial charge in [0.15, 0.2) is 16.6 Å². The zero-order chi connectivity index (χ0) is 43.6. The van der Waals surface area contributed by atoms with Crippen molar-refractivity contribution in [1.82, 2.24) is 25.5 Å². The Hall–Kier alpha value is -5.45. The van der Waals surface area contributed by atoms with Crippen molar-refractivity contribution in [2.24, 2.45) is 17.3 Å². The summed E-state index contributed by atoms with van der Waals surface area (Å²) in [4.78, 5) is 78.4. The Kier molecular flexibility index (Phi) is 12.8. The first-order chi connectivity index (χ1) is 29.1. The van der Waals surface area contributed by atoms with Gasteiger partial charge in [0.05, 0.1) is 32.0 Å². The maximum absolute atomic E-state index is 14.7. The van der Waals surface area contributed by atoms with Gasteiger partial charge in [0.25, 0.3) is 0 Å². The van der Waals surface area contributed by atoms with Crippen molar-refractivity contribution in [2.45, 2.75) is 121 Å². The minimum atomic E-state index is -1.55. The van der Waals surface area contributed by atoms with Crippen molar-refractivity contribution in [1.29, 1.82) is 0 Å². The molecule has 17 heteroatoms. The Morgan fingerprint density at radius 1 is 0.967 bits per heavy atom. The van der Waals surface area contributed by atoms with Crippen molar-refractivity contribution < 1.29 is 48.0 Å². The number of methoxy groups -OCH3 is 2. The molecule has 4 aliphatic rings. The molecule has 3 heterocycles. The van der Waals surface area contributed by atoms with Crippen molar-refractivity contribution >= 4 is 57.2 Å². The molecule has 16 nitrogen and oxygen atoms in total. The molecule has 328 valence electrons. The number of rotatable bonds is 15. The number of thiazole rings is 1. The number of aromatic nitrogens is 2. The predicted octanol–water partition coefficient (Wildman–Crippen LogP) is 6.47. The van der Waals surface area contributed by atoms with Crippen LogP contribution in [0.2, 0.25) is 0 Å². The monoisotopic (exact) mass is 860 g/mol. The van der Waals surface area contributed by atoms with E-state index in [0.29, 0.717) is 57.0 Å². The molecule has 1 aliphatic heterocycles. The second kappa shape index (κ2) is 17.9. The minimum absolute atomic E-state index is 0.00424. The second-order valence-electron chi connectivity index (χ2n) is 17.7. The molecule has 0 spiro atoms. The van der Waals surface area contributed by atoms with Crippen LogP contribution in [-0.4, -0.2) is 100 Å². The van der Waals surface area contributed by atoms with Crippen molar-refractivity contribution in [3.05, 3.63) is 36.2 Å². The molecule has 1 aromatic carbocycles. The summed E-state index contributed by atoms with van der Waals surface area (Å²) in [5.74, 6) is -1.40. The van der Waals surface area contributed by atoms with E-state index in [4.69, 9.17) is 28.9 Å². The van der Waals surface area contributed by atoms with Gasteiger partial charge in [-0.2, -0.15) is 0 Å². The number of likely N-dealkylation sites (tertiary alicyclic amines) is 1. The van der Waals surface area contributed by atoms with E-state index in [1.165, 1.54) is 36.5 Å². The summed E-state index contributed by atoms with van der Waals surface area (Å²) in [5, 5.41) is 21.4. The van der Waals surface area contributed by atoms with Gasteiger partial charge in [-0.05, 0) is 62.3 Å². The Morgan fingerprint density at radius 2 is 1.66 bits per heavy atom. The summed E-state index contributed by atoms with van der Waals surface area (Å²) in [6.07, 6.45) is 8.15. The summed E-state index contributed by atoms with van der Waals surface area (Å²) >= 11 is 1.28. The van der Waals surface area contributed by atoms with E-state index in [1.54, 1.807) is 44.4 Å². The van der Waals surface area contributed by atoms with Gasteiger partial charge in [-0.1, -0.05) is 39.7 Å². The molecule has 3 aromatic rings. The van der Waals surface area contributed by atoms with Crippen LogP contribution >= 0.6 is 11.3 Å². The van der Waals surface area contributed by atoms with Crippen LogP contribution in [0.1, 0.15) is 91.4 Å². The van der Waals surface area contributed by atoms with Gasteiger partial charge in [0, 0.05) is 41.7 Å². The highest BCUT2D eigenvalue weighted by atomic mass is 32.1. The molecule has 4 N–H and O–H groups in total. The number of pyridine rings is 1. The highest BCUT2D eigenvalue weighted by Gasteiger charge is 2.61. The summed E-state index contributed by atoms with van der Waals surface area (Å²) in [6.45, 7) is 9.08. The molecule has 4 amide bonds. The fourth-order valence-corrected chi connectivity index (χ4v) is 9.56. The molecule has 0 unspecified atom stereocenters. The lowest BCUT2D eigenvalue weighted by atomic mass is 9.85. The summed E-state index contributed by atoms with van der Waals surface area (Å²) in [5.41, 5.74) is -0.949. The maximum atomic E-state index is 14.7. The largest absolute Gasteiger partial charge is 0.493 e. The van der Waals surface area contributed by atoms with E-state index >= 15 is 0 Å². The van der Waals surface area contributed by atoms with Crippen molar-refractivity contribution in [3.8, 4) is 28.6 Å². The third kappa shape index (κ3) is 9.56. The maximum Gasteiger partial charge on any atom is 0.408 e. The number of hydrogen-bond acceptors (Lipinski definition) is 12. The molecule has 0 radical (unpaired) electrons. The highest BCUT2D eigenvalue weighted by molar-refractivity contribution is 7.14. The number of anilines is 1. The number of alkyl carbamates (subject to hydrolysis) is 1. The second-order valence-corrected chi connectivity index (χ2v) is 18.6. The molecular formula is C44H56N6O10S. The molecule has 2 aromatic heterocycles. The Balaban J connectivity index is 1.20. The van der Waals surface area contributed by atoms with Gasteiger partial charge < -0.3 is 44.9 Å². The van der Waals surface area contributed by atoms with Gasteiger partial charge >= 0.3 is 12.1 Å². The van der Waals surface area contributed by atoms with Crippen LogP contribution in [0.25, 0.3) is 22.3 Å². The Labute approximate surface area is 359 Å². The molecule has 3 aliphatic carbocycles. The fraction of sp³-hybridized carbons (Fsp3) is 0.568. The number of ether oxygens (including phenoxy) is 4. The number of carboxylic acids is 1. The summed E-state index contributed by atoms with van der Waals surface area (Å²) in [6, 6.07) is 2.89. The van der Waals surface area contributed by atoms with E-state index in [1.807, 2.05) is 0 Å². The lowest BCUT2D eigenvalue weighted by Gasteiger charge is -2.35. The van der Waals surface area contributed by atoms with E-state index in [2.05, 4.69) is 22.5 Å². The number of carboxylic acid groups (broad SMARTS) is 1. The first-order valence-corrected chi connectivity index (χ1v) is 21.9. The van der Waals surface area contributed by atoms with E-state index in [-0.39, 0.29) is 31.4 Å². The molecule has 61 heavy (non-hydrogen) atoms. The van der Waals surface area contributed by atoms with E-state index in [9.17, 15) is 29.1 Å². The van der Waals surface area contributed by atoms with Gasteiger partial charge in [0.2, 0.25) is 17.7 Å². The van der Waals surface area contributed by atoms with Gasteiger partial charge in [-0.15, -0.1) is 17.9 Å². The van der Waals surface area contributed by atoms with E-state index in [0.717, 1.165) is 51.4 Å². The van der Waals surface area contributed by atoms with Crippen molar-refractivity contribution in [3.63, 3.8) is 0 Å². The smallest absolute Gasteiger partial charge is 0.408 e. The number of amides is 4. The van der Waals surface area contributed by atoms with Crippen LogP contribution < -0.4 is 30.2 Å². The number of fused-ring (bicyclic) bond motifs is 1. The molecule has 0 bridgehead atoms.